The lowest BCUT2D eigenvalue weighted by atomic mass is 10.0. The van der Waals surface area contributed by atoms with Crippen LogP contribution in [-0.2, 0) is 9.53 Å². The highest BCUT2D eigenvalue weighted by Crippen LogP contribution is 2.25. The third kappa shape index (κ3) is 5.54. The maximum atomic E-state index is 10.4. The number of hydrogen-bond donors (Lipinski definition) is 0. The van der Waals surface area contributed by atoms with E-state index in [1.807, 2.05) is 6.07 Å². The summed E-state index contributed by atoms with van der Waals surface area (Å²) in [5.41, 5.74) is 3.21. The van der Waals surface area contributed by atoms with E-state index in [-0.39, 0.29) is 5.78 Å². The molecule has 3 rings (SSSR count). The van der Waals surface area contributed by atoms with Crippen molar-refractivity contribution in [2.75, 3.05) is 6.61 Å². The molecular weight excluding hydrogens is 296 g/mol. The number of benzene rings is 1. The van der Waals surface area contributed by atoms with E-state index in [2.05, 4.69) is 62.1 Å². The predicted octanol–water partition coefficient (Wildman–Crippen LogP) is 5.23. The Hall–Kier alpha value is -2.61. The summed E-state index contributed by atoms with van der Waals surface area (Å²) in [6, 6.07) is 10.4. The van der Waals surface area contributed by atoms with Crippen molar-refractivity contribution >= 4 is 11.4 Å². The van der Waals surface area contributed by atoms with E-state index in [4.69, 9.17) is 4.74 Å². The highest BCUT2D eigenvalue weighted by Gasteiger charge is 2.12. The SMILES string of the molecule is C=CC(=O)C1=C[CH]1.CCCOC1=C(c2ccccc2)C=CC=CC1. The zero-order valence-corrected chi connectivity index (χ0v) is 14.1. The second kappa shape index (κ2) is 9.51. The molecule has 24 heavy (non-hydrogen) atoms. The molecule has 0 N–H and O–H groups in total. The van der Waals surface area contributed by atoms with E-state index in [9.17, 15) is 4.79 Å². The Balaban J connectivity index is 0.000000249. The van der Waals surface area contributed by atoms with E-state index in [0.717, 1.165) is 30.8 Å². The maximum Gasteiger partial charge on any atom is 0.181 e. The fourth-order valence-corrected chi connectivity index (χ4v) is 2.17. The minimum atomic E-state index is 0.0278. The van der Waals surface area contributed by atoms with E-state index < -0.39 is 0 Å². The normalized spacial score (nSPS) is 15.0. The van der Waals surface area contributed by atoms with E-state index in [0.29, 0.717) is 0 Å². The van der Waals surface area contributed by atoms with Crippen LogP contribution in [0.25, 0.3) is 5.57 Å². The molecule has 0 heterocycles. The molecule has 0 spiro atoms. The van der Waals surface area contributed by atoms with Gasteiger partial charge in [0, 0.05) is 24.0 Å². The van der Waals surface area contributed by atoms with Crippen LogP contribution >= 0.6 is 0 Å². The van der Waals surface area contributed by atoms with Crippen LogP contribution in [0.15, 0.2) is 84.7 Å². The Morgan fingerprint density at radius 2 is 2.00 bits per heavy atom. The van der Waals surface area contributed by atoms with Gasteiger partial charge in [-0.1, -0.05) is 74.2 Å². The molecule has 0 fully saturated rings. The third-order valence-corrected chi connectivity index (χ3v) is 3.48. The first-order valence-corrected chi connectivity index (χ1v) is 8.22. The molecule has 123 valence electrons. The number of rotatable bonds is 6. The third-order valence-electron chi connectivity index (χ3n) is 3.48. The van der Waals surface area contributed by atoms with Crippen LogP contribution < -0.4 is 0 Å². The second-order valence-corrected chi connectivity index (χ2v) is 5.40. The molecule has 2 heteroatoms. The van der Waals surface area contributed by atoms with Crippen molar-refractivity contribution in [3.63, 3.8) is 0 Å². The van der Waals surface area contributed by atoms with E-state index >= 15 is 0 Å². The molecular formula is C22H23O2. The van der Waals surface area contributed by atoms with Crippen molar-refractivity contribution < 1.29 is 9.53 Å². The molecule has 0 atom stereocenters. The minimum Gasteiger partial charge on any atom is -0.497 e. The van der Waals surface area contributed by atoms with Gasteiger partial charge in [0.25, 0.3) is 0 Å². The van der Waals surface area contributed by atoms with Crippen LogP contribution in [-0.4, -0.2) is 12.4 Å². The summed E-state index contributed by atoms with van der Waals surface area (Å²) in [6.45, 7) is 6.23. The first-order valence-electron chi connectivity index (χ1n) is 8.22. The summed E-state index contributed by atoms with van der Waals surface area (Å²) < 4.78 is 5.86. The zero-order valence-electron chi connectivity index (χ0n) is 14.1. The lowest BCUT2D eigenvalue weighted by Gasteiger charge is -2.12. The number of allylic oxidation sites excluding steroid dienone is 8. The molecule has 1 aromatic rings. The van der Waals surface area contributed by atoms with Gasteiger partial charge in [0.15, 0.2) is 5.78 Å². The van der Waals surface area contributed by atoms with Gasteiger partial charge in [-0.25, -0.2) is 0 Å². The lowest BCUT2D eigenvalue weighted by molar-refractivity contribution is -0.110. The highest BCUT2D eigenvalue weighted by atomic mass is 16.5. The standard InChI is InChI=1S/C16H18O.C6H5O/c1-2-13-17-16-12-8-4-7-11-15(16)14-9-5-3-6-10-14;1-2-6(7)5-3-4-5/h3-11H,2,12-13H2,1H3;2-4H,1H2. The molecule has 1 radical (unpaired) electrons. The molecule has 0 bridgehead atoms. The Kier molecular flexibility index (Phi) is 7.03. The number of ether oxygens (including phenoxy) is 1. The molecule has 1 aromatic carbocycles. The van der Waals surface area contributed by atoms with Crippen molar-refractivity contribution in [1.29, 1.82) is 0 Å². The Labute approximate surface area is 144 Å². The van der Waals surface area contributed by atoms with Crippen LogP contribution in [0.1, 0.15) is 25.3 Å². The fraction of sp³-hybridized carbons (Fsp3) is 0.182. The second-order valence-electron chi connectivity index (χ2n) is 5.40. The first kappa shape index (κ1) is 17.7. The van der Waals surface area contributed by atoms with Gasteiger partial charge >= 0.3 is 0 Å². The number of carbonyl (C=O) groups is 1. The van der Waals surface area contributed by atoms with Crippen LogP contribution in [0.3, 0.4) is 0 Å². The van der Waals surface area contributed by atoms with E-state index in [1.54, 1.807) is 12.5 Å². The number of hydrogen-bond acceptors (Lipinski definition) is 2. The molecule has 0 unspecified atom stereocenters. The molecule has 0 aliphatic heterocycles. The maximum absolute atomic E-state index is 10.4. The lowest BCUT2D eigenvalue weighted by Crippen LogP contribution is -1.96. The summed E-state index contributed by atoms with van der Waals surface area (Å²) in [5.74, 6) is 1.10. The van der Waals surface area contributed by atoms with Gasteiger partial charge < -0.3 is 4.74 Å². The quantitative estimate of drug-likeness (QED) is 0.671. The molecule has 2 aliphatic rings. The molecule has 2 nitrogen and oxygen atoms in total. The van der Waals surface area contributed by atoms with Gasteiger partial charge in [0.2, 0.25) is 0 Å². The van der Waals surface area contributed by atoms with Crippen molar-refractivity contribution in [3.05, 3.63) is 96.7 Å². The van der Waals surface area contributed by atoms with Gasteiger partial charge in [-0.05, 0) is 18.1 Å². The average molecular weight is 319 g/mol. The molecule has 0 amide bonds. The minimum absolute atomic E-state index is 0.0278. The van der Waals surface area contributed by atoms with Gasteiger partial charge in [-0.3, -0.25) is 4.79 Å². The summed E-state index contributed by atoms with van der Waals surface area (Å²) >= 11 is 0. The summed E-state index contributed by atoms with van der Waals surface area (Å²) in [5, 5.41) is 0. The number of ketones is 1. The molecule has 2 aliphatic carbocycles. The van der Waals surface area contributed by atoms with Crippen molar-refractivity contribution in [2.45, 2.75) is 19.8 Å². The van der Waals surface area contributed by atoms with E-state index in [1.165, 1.54) is 17.2 Å². The van der Waals surface area contributed by atoms with Crippen LogP contribution in [0.2, 0.25) is 0 Å². The smallest absolute Gasteiger partial charge is 0.181 e. The molecule has 0 aromatic heterocycles. The van der Waals surface area contributed by atoms with Crippen LogP contribution in [0.5, 0.6) is 0 Å². The van der Waals surface area contributed by atoms with Gasteiger partial charge in [0.05, 0.1) is 6.61 Å². The largest absolute Gasteiger partial charge is 0.497 e. The predicted molar refractivity (Wildman–Crippen MR) is 100 cm³/mol. The monoisotopic (exact) mass is 319 g/mol. The van der Waals surface area contributed by atoms with Crippen molar-refractivity contribution in [1.82, 2.24) is 0 Å². The topological polar surface area (TPSA) is 26.3 Å². The summed E-state index contributed by atoms with van der Waals surface area (Å²) in [7, 11) is 0. The van der Waals surface area contributed by atoms with Gasteiger partial charge in [-0.2, -0.15) is 0 Å². The zero-order chi connectivity index (χ0) is 17.2. The number of carbonyl (C=O) groups excluding carboxylic acids is 1. The fourth-order valence-electron chi connectivity index (χ4n) is 2.17. The summed E-state index contributed by atoms with van der Waals surface area (Å²) in [6.07, 6.45) is 15.2. The highest BCUT2D eigenvalue weighted by molar-refractivity contribution is 6.09. The first-order chi connectivity index (χ1) is 11.8. The Morgan fingerprint density at radius 3 is 2.58 bits per heavy atom. The Morgan fingerprint density at radius 1 is 1.25 bits per heavy atom. The average Bonchev–Trinajstić information content (AvgIpc) is 3.47. The van der Waals surface area contributed by atoms with Crippen molar-refractivity contribution in [2.24, 2.45) is 0 Å². The van der Waals surface area contributed by atoms with Gasteiger partial charge in [-0.15, -0.1) is 0 Å². The van der Waals surface area contributed by atoms with Crippen LogP contribution in [0, 0.1) is 6.42 Å². The summed E-state index contributed by atoms with van der Waals surface area (Å²) in [4.78, 5) is 10.4. The molecule has 0 saturated carbocycles. The van der Waals surface area contributed by atoms with Crippen LogP contribution in [0.4, 0.5) is 0 Å². The molecule has 0 saturated heterocycles. The Bertz CT molecular complexity index is 688. The van der Waals surface area contributed by atoms with Gasteiger partial charge in [0.1, 0.15) is 5.76 Å². The van der Waals surface area contributed by atoms with Crippen molar-refractivity contribution in [3.8, 4) is 0 Å².